The van der Waals surface area contributed by atoms with Gasteiger partial charge in [-0.2, -0.15) is 0 Å². The summed E-state index contributed by atoms with van der Waals surface area (Å²) >= 11 is 0. The van der Waals surface area contributed by atoms with E-state index in [-0.39, 0.29) is 16.9 Å². The molecule has 0 bridgehead atoms. The molecule has 0 aliphatic heterocycles. The second kappa shape index (κ2) is 5.53. The predicted molar refractivity (Wildman–Crippen MR) is 73.1 cm³/mol. The summed E-state index contributed by atoms with van der Waals surface area (Å²) in [4.78, 5) is 16.9. The molecule has 0 atom stereocenters. The Labute approximate surface area is 109 Å². The number of hydrogen-bond acceptors (Lipinski definition) is 3. The van der Waals surface area contributed by atoms with Crippen LogP contribution in [-0.4, -0.2) is 11.5 Å². The fraction of sp³-hybridized carbons (Fsp3) is 0.533. The molecule has 3 nitrogen and oxygen atoms in total. The van der Waals surface area contributed by atoms with Crippen molar-refractivity contribution < 1.29 is 9.63 Å². The first-order valence-electron chi connectivity index (χ1n) is 6.23. The third kappa shape index (κ3) is 5.32. The van der Waals surface area contributed by atoms with Crippen LogP contribution in [0, 0.1) is 5.41 Å². The van der Waals surface area contributed by atoms with E-state index in [1.54, 1.807) is 12.1 Å². The summed E-state index contributed by atoms with van der Waals surface area (Å²) in [6, 6.07) is 8.98. The average Bonchev–Trinajstić information content (AvgIpc) is 2.24. The van der Waals surface area contributed by atoms with Crippen molar-refractivity contribution >= 4 is 5.97 Å². The maximum Gasteiger partial charge on any atom is 0.356 e. The molecule has 0 fully saturated rings. The predicted octanol–water partition coefficient (Wildman–Crippen LogP) is 3.56. The van der Waals surface area contributed by atoms with E-state index < -0.39 is 0 Å². The first kappa shape index (κ1) is 14.7. The van der Waals surface area contributed by atoms with E-state index in [4.69, 9.17) is 4.84 Å². The van der Waals surface area contributed by atoms with Gasteiger partial charge in [0.2, 0.25) is 0 Å². The summed E-state index contributed by atoms with van der Waals surface area (Å²) in [5.74, 6) is -0.349. The van der Waals surface area contributed by atoms with Gasteiger partial charge in [-0.15, -0.1) is 5.48 Å². The molecule has 0 saturated heterocycles. The molecule has 0 aromatic heterocycles. The van der Waals surface area contributed by atoms with Crippen LogP contribution in [0.3, 0.4) is 0 Å². The van der Waals surface area contributed by atoms with Crippen molar-refractivity contribution in [2.75, 3.05) is 0 Å². The van der Waals surface area contributed by atoms with Crippen molar-refractivity contribution in [3.63, 3.8) is 0 Å². The lowest BCUT2D eigenvalue weighted by Gasteiger charge is -2.32. The molecule has 0 radical (unpaired) electrons. The van der Waals surface area contributed by atoms with Crippen molar-refractivity contribution in [2.24, 2.45) is 5.41 Å². The van der Waals surface area contributed by atoms with Crippen LogP contribution in [0.15, 0.2) is 30.3 Å². The van der Waals surface area contributed by atoms with Crippen molar-refractivity contribution in [3.8, 4) is 0 Å². The van der Waals surface area contributed by atoms with Gasteiger partial charge in [0.1, 0.15) is 0 Å². The Morgan fingerprint density at radius 1 is 1.11 bits per heavy atom. The van der Waals surface area contributed by atoms with Gasteiger partial charge in [0.25, 0.3) is 0 Å². The van der Waals surface area contributed by atoms with Crippen molar-refractivity contribution in [1.82, 2.24) is 5.48 Å². The summed E-state index contributed by atoms with van der Waals surface area (Å²) in [6.07, 6.45) is 0.905. The van der Waals surface area contributed by atoms with E-state index in [2.05, 4.69) is 26.3 Å². The molecule has 1 N–H and O–H groups in total. The van der Waals surface area contributed by atoms with Gasteiger partial charge in [-0.05, 0) is 37.8 Å². The number of nitrogens with one attached hydrogen (secondary N) is 1. The van der Waals surface area contributed by atoms with Crippen LogP contribution in [0.5, 0.6) is 0 Å². The minimum absolute atomic E-state index is 0.176. The Balaban J connectivity index is 2.53. The molecule has 1 rings (SSSR count). The van der Waals surface area contributed by atoms with Gasteiger partial charge >= 0.3 is 5.97 Å². The van der Waals surface area contributed by atoms with Crippen molar-refractivity contribution in [1.29, 1.82) is 0 Å². The van der Waals surface area contributed by atoms with Crippen LogP contribution in [-0.2, 0) is 4.84 Å². The zero-order valence-corrected chi connectivity index (χ0v) is 11.9. The fourth-order valence-corrected chi connectivity index (χ4v) is 2.18. The standard InChI is InChI=1S/C15H23NO2/c1-14(2,3)11-15(4,5)16-18-13(17)12-9-7-6-8-10-12/h6-10,16H,11H2,1-5H3. The molecular weight excluding hydrogens is 226 g/mol. The maximum atomic E-state index is 11.8. The number of carbonyl (C=O) groups is 1. The molecule has 0 spiro atoms. The van der Waals surface area contributed by atoms with Crippen LogP contribution in [0.25, 0.3) is 0 Å². The first-order valence-corrected chi connectivity index (χ1v) is 6.23. The highest BCUT2D eigenvalue weighted by Crippen LogP contribution is 2.26. The normalized spacial score (nSPS) is 12.3. The van der Waals surface area contributed by atoms with E-state index in [0.717, 1.165) is 6.42 Å². The number of benzene rings is 1. The van der Waals surface area contributed by atoms with Crippen LogP contribution in [0.1, 0.15) is 51.4 Å². The van der Waals surface area contributed by atoms with E-state index in [9.17, 15) is 4.79 Å². The second-order valence-corrected chi connectivity index (χ2v) is 6.48. The van der Waals surface area contributed by atoms with Gasteiger partial charge < -0.3 is 4.84 Å². The third-order valence-corrected chi connectivity index (χ3v) is 2.40. The molecule has 0 heterocycles. The third-order valence-electron chi connectivity index (χ3n) is 2.40. The molecule has 0 amide bonds. The quantitative estimate of drug-likeness (QED) is 0.829. The Morgan fingerprint density at radius 2 is 1.67 bits per heavy atom. The maximum absolute atomic E-state index is 11.8. The lowest BCUT2D eigenvalue weighted by Crippen LogP contribution is -2.43. The second-order valence-electron chi connectivity index (χ2n) is 6.48. The van der Waals surface area contributed by atoms with E-state index in [1.165, 1.54) is 0 Å². The molecule has 18 heavy (non-hydrogen) atoms. The minimum Gasteiger partial charge on any atom is -0.366 e. The Kier molecular flexibility index (Phi) is 4.52. The van der Waals surface area contributed by atoms with Crippen LogP contribution in [0.4, 0.5) is 0 Å². The molecule has 0 saturated carbocycles. The smallest absolute Gasteiger partial charge is 0.356 e. The fourth-order valence-electron chi connectivity index (χ4n) is 2.18. The summed E-state index contributed by atoms with van der Waals surface area (Å²) < 4.78 is 0. The molecule has 1 aromatic rings. The van der Waals surface area contributed by atoms with Gasteiger partial charge in [-0.25, -0.2) is 4.79 Å². The van der Waals surface area contributed by atoms with Crippen molar-refractivity contribution in [3.05, 3.63) is 35.9 Å². The van der Waals surface area contributed by atoms with Gasteiger partial charge in [0, 0.05) is 5.54 Å². The van der Waals surface area contributed by atoms with Crippen LogP contribution < -0.4 is 5.48 Å². The number of hydroxylamine groups is 1. The topological polar surface area (TPSA) is 38.3 Å². The van der Waals surface area contributed by atoms with Gasteiger partial charge in [0.05, 0.1) is 5.56 Å². The van der Waals surface area contributed by atoms with Crippen molar-refractivity contribution in [2.45, 2.75) is 46.6 Å². The monoisotopic (exact) mass is 249 g/mol. The zero-order chi connectivity index (χ0) is 13.8. The Morgan fingerprint density at radius 3 is 2.17 bits per heavy atom. The molecule has 0 aliphatic rings. The lowest BCUT2D eigenvalue weighted by atomic mass is 9.82. The zero-order valence-electron chi connectivity index (χ0n) is 11.9. The molecule has 0 unspecified atom stereocenters. The Hall–Kier alpha value is -1.35. The Bertz CT molecular complexity index is 391. The number of hydrogen-bond donors (Lipinski definition) is 1. The first-order chi connectivity index (χ1) is 8.20. The average molecular weight is 249 g/mol. The van der Waals surface area contributed by atoms with E-state index in [0.29, 0.717) is 5.56 Å². The van der Waals surface area contributed by atoms with Gasteiger partial charge in [0.15, 0.2) is 0 Å². The highest BCUT2D eigenvalue weighted by atomic mass is 16.7. The largest absolute Gasteiger partial charge is 0.366 e. The van der Waals surface area contributed by atoms with Gasteiger partial charge in [-0.1, -0.05) is 39.0 Å². The minimum atomic E-state index is -0.349. The van der Waals surface area contributed by atoms with Gasteiger partial charge in [-0.3, -0.25) is 0 Å². The summed E-state index contributed by atoms with van der Waals surface area (Å²) in [5.41, 5.74) is 3.35. The summed E-state index contributed by atoms with van der Waals surface area (Å²) in [7, 11) is 0. The molecule has 3 heteroatoms. The van der Waals surface area contributed by atoms with Crippen LogP contribution in [0.2, 0.25) is 0 Å². The van der Waals surface area contributed by atoms with E-state index >= 15 is 0 Å². The lowest BCUT2D eigenvalue weighted by molar-refractivity contribution is -0.00668. The number of rotatable bonds is 4. The SMILES string of the molecule is CC(C)(C)CC(C)(C)NOC(=O)c1ccccc1. The summed E-state index contributed by atoms with van der Waals surface area (Å²) in [6.45, 7) is 10.5. The molecular formula is C15H23NO2. The van der Waals surface area contributed by atoms with E-state index in [1.807, 2.05) is 32.0 Å². The highest BCUT2D eigenvalue weighted by Gasteiger charge is 2.26. The summed E-state index contributed by atoms with van der Waals surface area (Å²) in [5, 5.41) is 0. The molecule has 0 aliphatic carbocycles. The number of carbonyl (C=O) groups excluding carboxylic acids is 1. The van der Waals surface area contributed by atoms with Crippen LogP contribution >= 0.6 is 0 Å². The molecule has 1 aromatic carbocycles. The molecule has 100 valence electrons. The highest BCUT2D eigenvalue weighted by molar-refractivity contribution is 5.89.